The second kappa shape index (κ2) is 8.95. The summed E-state index contributed by atoms with van der Waals surface area (Å²) in [6.45, 7) is 0.840. The van der Waals surface area contributed by atoms with Crippen LogP contribution in [0.4, 0.5) is 17.6 Å². The summed E-state index contributed by atoms with van der Waals surface area (Å²) in [5.41, 5.74) is 6.14. The number of hydrogen-bond donors (Lipinski definition) is 1. The van der Waals surface area contributed by atoms with Gasteiger partial charge in [-0.15, -0.1) is 0 Å². The molecule has 0 unspecified atom stereocenters. The van der Waals surface area contributed by atoms with Crippen molar-refractivity contribution < 1.29 is 22.4 Å². The Labute approximate surface area is 174 Å². The molecule has 160 valence electrons. The summed E-state index contributed by atoms with van der Waals surface area (Å²) in [6, 6.07) is 9.48. The van der Waals surface area contributed by atoms with Crippen molar-refractivity contribution >= 4 is 5.91 Å². The van der Waals surface area contributed by atoms with Gasteiger partial charge < -0.3 is 5.73 Å². The maximum atomic E-state index is 12.7. The van der Waals surface area contributed by atoms with E-state index in [1.807, 2.05) is 10.7 Å². The van der Waals surface area contributed by atoms with Crippen LogP contribution < -0.4 is 5.73 Å². The molecular formula is C21H17F4N5O. The third-order valence-electron chi connectivity index (χ3n) is 4.63. The number of nitrogens with zero attached hydrogens (tertiary/aromatic N) is 4. The van der Waals surface area contributed by atoms with Crippen molar-refractivity contribution in [3.05, 3.63) is 70.9 Å². The van der Waals surface area contributed by atoms with Crippen LogP contribution in [0.5, 0.6) is 0 Å². The van der Waals surface area contributed by atoms with Gasteiger partial charge in [-0.25, -0.2) is 4.39 Å². The molecule has 2 N–H and O–H groups in total. The van der Waals surface area contributed by atoms with Crippen LogP contribution >= 0.6 is 0 Å². The van der Waals surface area contributed by atoms with Crippen molar-refractivity contribution in [2.45, 2.75) is 32.0 Å². The van der Waals surface area contributed by atoms with Crippen molar-refractivity contribution in [2.24, 2.45) is 5.73 Å². The van der Waals surface area contributed by atoms with E-state index < -0.39 is 23.6 Å². The van der Waals surface area contributed by atoms with Gasteiger partial charge in [-0.05, 0) is 55.7 Å². The highest BCUT2D eigenvalue weighted by Gasteiger charge is 2.32. The van der Waals surface area contributed by atoms with E-state index >= 15 is 0 Å². The fourth-order valence-electron chi connectivity index (χ4n) is 3.07. The molecule has 3 heterocycles. The van der Waals surface area contributed by atoms with Crippen LogP contribution in [0, 0.1) is 17.1 Å². The highest BCUT2D eigenvalue weighted by Crippen LogP contribution is 2.30. The van der Waals surface area contributed by atoms with E-state index in [1.165, 1.54) is 12.3 Å². The van der Waals surface area contributed by atoms with Crippen LogP contribution in [0.25, 0.3) is 11.3 Å². The Kier molecular flexibility index (Phi) is 6.34. The average Bonchev–Trinajstić information content (AvgIpc) is 3.18. The number of amides is 1. The van der Waals surface area contributed by atoms with Crippen LogP contribution in [0.1, 0.15) is 40.2 Å². The lowest BCUT2D eigenvalue weighted by Crippen LogP contribution is -2.11. The Morgan fingerprint density at radius 1 is 1.16 bits per heavy atom. The molecule has 1 amide bonds. The second-order valence-corrected chi connectivity index (χ2v) is 6.80. The molecule has 0 saturated carbocycles. The Balaban J connectivity index is 0.000000196. The number of fused-ring (bicyclic) bond motifs is 1. The summed E-state index contributed by atoms with van der Waals surface area (Å²) >= 11 is 0. The van der Waals surface area contributed by atoms with Crippen molar-refractivity contribution in [2.75, 3.05) is 0 Å². The van der Waals surface area contributed by atoms with E-state index in [9.17, 15) is 22.4 Å². The summed E-state index contributed by atoms with van der Waals surface area (Å²) in [4.78, 5) is 13.9. The number of carbonyl (C=O) groups excluding carboxylic acids is 1. The number of nitrogens with two attached hydrogens (primary N) is 1. The van der Waals surface area contributed by atoms with E-state index in [0.29, 0.717) is 11.3 Å². The number of carbonyl (C=O) groups is 1. The van der Waals surface area contributed by atoms with Gasteiger partial charge in [0, 0.05) is 29.6 Å². The fourth-order valence-corrected chi connectivity index (χ4v) is 3.07. The molecule has 1 aliphatic heterocycles. The first-order valence-corrected chi connectivity index (χ1v) is 9.29. The van der Waals surface area contributed by atoms with Crippen LogP contribution in [-0.4, -0.2) is 20.7 Å². The molecule has 0 aliphatic carbocycles. The molecule has 31 heavy (non-hydrogen) atoms. The summed E-state index contributed by atoms with van der Waals surface area (Å²) in [5, 5.41) is 12.7. The highest BCUT2D eigenvalue weighted by molar-refractivity contribution is 5.93. The zero-order valence-corrected chi connectivity index (χ0v) is 16.2. The van der Waals surface area contributed by atoms with E-state index in [4.69, 9.17) is 11.0 Å². The van der Waals surface area contributed by atoms with E-state index in [-0.39, 0.29) is 11.1 Å². The number of rotatable bonds is 2. The Morgan fingerprint density at radius 3 is 2.58 bits per heavy atom. The summed E-state index contributed by atoms with van der Waals surface area (Å²) in [6.07, 6.45) is -0.135. The molecule has 1 aromatic carbocycles. The third kappa shape index (κ3) is 5.25. The summed E-state index contributed by atoms with van der Waals surface area (Å²) in [7, 11) is 0. The largest absolute Gasteiger partial charge is 0.433 e. The predicted molar refractivity (Wildman–Crippen MR) is 103 cm³/mol. The smallest absolute Gasteiger partial charge is 0.366 e. The van der Waals surface area contributed by atoms with Gasteiger partial charge in [0.1, 0.15) is 17.6 Å². The molecule has 4 rings (SSSR count). The van der Waals surface area contributed by atoms with Crippen LogP contribution in [0.15, 0.2) is 42.6 Å². The lowest BCUT2D eigenvalue weighted by atomic mass is 10.1. The highest BCUT2D eigenvalue weighted by atomic mass is 19.4. The number of aromatic nitrogens is 3. The van der Waals surface area contributed by atoms with Crippen molar-refractivity contribution in [3.8, 4) is 17.3 Å². The van der Waals surface area contributed by atoms with Gasteiger partial charge in [0.25, 0.3) is 0 Å². The quantitative estimate of drug-likeness (QED) is 0.618. The zero-order valence-electron chi connectivity index (χ0n) is 16.2. The van der Waals surface area contributed by atoms with Crippen molar-refractivity contribution in [1.82, 2.24) is 14.8 Å². The van der Waals surface area contributed by atoms with Crippen LogP contribution in [0.2, 0.25) is 0 Å². The Bertz CT molecular complexity index is 1120. The molecule has 0 atom stereocenters. The molecule has 3 aromatic rings. The number of hydrogen-bond acceptors (Lipinski definition) is 4. The second-order valence-electron chi connectivity index (χ2n) is 6.80. The standard InChI is InChI=1S/C13H12F3N3.C8H5FN2O/c14-13(15,16)12-7-9(4-5-17-12)11-8-10-3-1-2-6-19(10)18-11;9-7-2-1-5(8(11)12)3-6(7)4-10/h4-5,7-8H,1-3,6H2;1-3H,(H2,11,12). The minimum atomic E-state index is -4.42. The molecule has 0 saturated heterocycles. The Hall–Kier alpha value is -3.74. The summed E-state index contributed by atoms with van der Waals surface area (Å²) in [5.74, 6) is -1.33. The zero-order chi connectivity index (χ0) is 22.6. The molecule has 1 aliphatic rings. The van der Waals surface area contributed by atoms with E-state index in [1.54, 1.807) is 12.1 Å². The lowest BCUT2D eigenvalue weighted by molar-refractivity contribution is -0.141. The number of nitriles is 1. The number of benzene rings is 1. The van der Waals surface area contributed by atoms with Gasteiger partial charge in [-0.1, -0.05) is 0 Å². The lowest BCUT2D eigenvalue weighted by Gasteiger charge is -2.11. The van der Waals surface area contributed by atoms with Crippen LogP contribution in [-0.2, 0) is 19.1 Å². The molecule has 2 aromatic heterocycles. The third-order valence-corrected chi connectivity index (χ3v) is 4.63. The number of halogens is 4. The number of primary amides is 1. The molecule has 6 nitrogen and oxygen atoms in total. The maximum absolute atomic E-state index is 12.7. The topological polar surface area (TPSA) is 97.6 Å². The first-order chi connectivity index (χ1) is 14.7. The molecule has 0 radical (unpaired) electrons. The summed E-state index contributed by atoms with van der Waals surface area (Å²) < 4.78 is 52.4. The van der Waals surface area contributed by atoms with Gasteiger partial charge >= 0.3 is 6.18 Å². The van der Waals surface area contributed by atoms with Gasteiger partial charge in [-0.3, -0.25) is 14.5 Å². The monoisotopic (exact) mass is 431 g/mol. The number of aryl methyl sites for hydroxylation is 2. The fraction of sp³-hybridized carbons (Fsp3) is 0.238. The van der Waals surface area contributed by atoms with Gasteiger partial charge in [0.2, 0.25) is 5.91 Å². The first kappa shape index (κ1) is 22.0. The molecule has 10 heteroatoms. The molecule has 0 bridgehead atoms. The van der Waals surface area contributed by atoms with Gasteiger partial charge in [-0.2, -0.15) is 23.5 Å². The SMILES string of the molecule is FC(F)(F)c1cc(-c2cc3n(n2)CCCC3)ccn1.N#Cc1cc(C(N)=O)ccc1F. The number of pyridine rings is 1. The molecular weight excluding hydrogens is 414 g/mol. The van der Waals surface area contributed by atoms with Gasteiger partial charge in [0.15, 0.2) is 0 Å². The normalized spacial score (nSPS) is 12.9. The minimum absolute atomic E-state index is 0.132. The Morgan fingerprint density at radius 2 is 1.94 bits per heavy atom. The first-order valence-electron chi connectivity index (χ1n) is 9.29. The van der Waals surface area contributed by atoms with Crippen molar-refractivity contribution in [1.29, 1.82) is 5.26 Å². The maximum Gasteiger partial charge on any atom is 0.433 e. The van der Waals surface area contributed by atoms with Gasteiger partial charge in [0.05, 0.1) is 11.3 Å². The minimum Gasteiger partial charge on any atom is -0.366 e. The predicted octanol–water partition coefficient (Wildman–Crippen LogP) is 4.10. The number of alkyl halides is 3. The van der Waals surface area contributed by atoms with E-state index in [0.717, 1.165) is 49.7 Å². The van der Waals surface area contributed by atoms with E-state index in [2.05, 4.69) is 10.1 Å². The molecule has 0 fully saturated rings. The molecule has 0 spiro atoms. The van der Waals surface area contributed by atoms with Crippen molar-refractivity contribution in [3.63, 3.8) is 0 Å². The average molecular weight is 431 g/mol. The van der Waals surface area contributed by atoms with Crippen LogP contribution in [0.3, 0.4) is 0 Å².